The zero-order valence-corrected chi connectivity index (χ0v) is 17.9. The molecule has 0 saturated heterocycles. The minimum absolute atomic E-state index is 0.0180. The maximum atomic E-state index is 10.8. The van der Waals surface area contributed by atoms with Crippen molar-refractivity contribution in [3.63, 3.8) is 0 Å². The lowest BCUT2D eigenvalue weighted by molar-refractivity contribution is -0.136. The van der Waals surface area contributed by atoms with Gasteiger partial charge >= 0.3 is 5.97 Å². The van der Waals surface area contributed by atoms with E-state index in [2.05, 4.69) is 43.3 Å². The summed E-state index contributed by atoms with van der Waals surface area (Å²) >= 11 is 0. The van der Waals surface area contributed by atoms with Crippen LogP contribution in [-0.4, -0.2) is 30.0 Å². The van der Waals surface area contributed by atoms with Crippen LogP contribution in [0.15, 0.2) is 78.0 Å². The highest BCUT2D eigenvalue weighted by Crippen LogP contribution is 2.15. The van der Waals surface area contributed by atoms with Crippen LogP contribution in [0.3, 0.4) is 0 Å². The number of aryl methyl sites for hydroxylation is 2. The predicted octanol–water partition coefficient (Wildman–Crippen LogP) is 5.17. The van der Waals surface area contributed by atoms with Crippen molar-refractivity contribution < 1.29 is 19.5 Å². The number of hydrogen-bond acceptors (Lipinski definition) is 4. The van der Waals surface area contributed by atoms with Crippen LogP contribution in [0, 0.1) is 13.8 Å². The summed E-state index contributed by atoms with van der Waals surface area (Å²) < 4.78 is 5.71. The van der Waals surface area contributed by atoms with E-state index in [0.717, 1.165) is 16.8 Å². The van der Waals surface area contributed by atoms with Gasteiger partial charge in [0.1, 0.15) is 18.1 Å². The molecule has 0 heterocycles. The molecule has 5 heteroatoms. The lowest BCUT2D eigenvalue weighted by Crippen LogP contribution is -2.07. The number of benzene rings is 3. The predicted molar refractivity (Wildman–Crippen MR) is 122 cm³/mol. The normalized spacial score (nSPS) is 10.4. The zero-order valence-electron chi connectivity index (χ0n) is 17.9. The third-order valence-electron chi connectivity index (χ3n) is 4.71. The molecule has 0 aromatic heterocycles. The summed E-state index contributed by atoms with van der Waals surface area (Å²) in [7, 11) is 0. The van der Waals surface area contributed by atoms with Gasteiger partial charge in [-0.3, -0.25) is 4.79 Å². The largest absolute Gasteiger partial charge is 0.493 e. The number of rotatable bonds is 10. The monoisotopic (exact) mass is 417 g/mol. The molecule has 0 atom stereocenters. The molecule has 3 aromatic rings. The molecule has 0 radical (unpaired) electrons. The molecule has 0 amide bonds. The topological polar surface area (TPSA) is 68.1 Å². The van der Waals surface area contributed by atoms with Gasteiger partial charge in [0.25, 0.3) is 0 Å². The molecular formula is C26H27NO4. The fourth-order valence-electron chi connectivity index (χ4n) is 3.04. The number of carbonyl (C=O) groups is 1. The van der Waals surface area contributed by atoms with Crippen molar-refractivity contribution in [1.82, 2.24) is 0 Å². The second kappa shape index (κ2) is 11.0. The Labute approximate surface area is 182 Å². The molecule has 5 nitrogen and oxygen atoms in total. The fourth-order valence-corrected chi connectivity index (χ4v) is 3.04. The van der Waals surface area contributed by atoms with E-state index in [4.69, 9.17) is 14.7 Å². The molecule has 0 unspecified atom stereocenters. The lowest BCUT2D eigenvalue weighted by Gasteiger charge is -2.09. The highest BCUT2D eigenvalue weighted by Gasteiger charge is 2.08. The van der Waals surface area contributed by atoms with Crippen molar-refractivity contribution in [2.45, 2.75) is 26.7 Å². The Hall–Kier alpha value is -3.60. The number of carboxylic acids is 1. The lowest BCUT2D eigenvalue weighted by atomic mass is 10.0. The molecule has 0 spiro atoms. The molecule has 0 saturated carbocycles. The molecule has 1 N–H and O–H groups in total. The van der Waals surface area contributed by atoms with Crippen LogP contribution < -0.4 is 4.74 Å². The summed E-state index contributed by atoms with van der Waals surface area (Å²) in [4.78, 5) is 16.4. The van der Waals surface area contributed by atoms with Crippen molar-refractivity contribution in [3.05, 3.63) is 101 Å². The Morgan fingerprint density at radius 2 is 1.48 bits per heavy atom. The first kappa shape index (κ1) is 22.1. The molecule has 0 aliphatic heterocycles. The molecule has 3 rings (SSSR count). The number of ether oxygens (including phenoxy) is 1. The maximum absolute atomic E-state index is 10.8. The van der Waals surface area contributed by atoms with Crippen LogP contribution in [0.2, 0.25) is 0 Å². The number of aliphatic carboxylic acids is 1. The van der Waals surface area contributed by atoms with Gasteiger partial charge in [-0.1, -0.05) is 76.9 Å². The van der Waals surface area contributed by atoms with E-state index >= 15 is 0 Å². The van der Waals surface area contributed by atoms with Gasteiger partial charge in [0.2, 0.25) is 0 Å². The maximum Gasteiger partial charge on any atom is 0.307 e. The van der Waals surface area contributed by atoms with E-state index in [1.165, 1.54) is 11.1 Å². The number of hydrogen-bond donors (Lipinski definition) is 1. The SMILES string of the molecule is Cc1ccc(C(=NOCCCOc2cccc(CC(=O)O)c2)c2ccc(C)cc2)cc1. The minimum Gasteiger partial charge on any atom is -0.493 e. The molecule has 0 aliphatic rings. The second-order valence-corrected chi connectivity index (χ2v) is 7.43. The van der Waals surface area contributed by atoms with Crippen LogP contribution in [-0.2, 0) is 16.1 Å². The van der Waals surface area contributed by atoms with Crippen LogP contribution >= 0.6 is 0 Å². The van der Waals surface area contributed by atoms with E-state index in [1.54, 1.807) is 18.2 Å². The van der Waals surface area contributed by atoms with Crippen molar-refractivity contribution in [3.8, 4) is 5.75 Å². The molecular weight excluding hydrogens is 390 g/mol. The molecule has 0 bridgehead atoms. The standard InChI is InChI=1S/C26H27NO4/c1-19-7-11-22(12-8-19)26(23-13-9-20(2)10-14-23)27-31-16-4-15-30-24-6-3-5-21(17-24)18-25(28)29/h3,5-14,17H,4,15-16,18H2,1-2H3,(H,28,29). The van der Waals surface area contributed by atoms with E-state index in [0.29, 0.717) is 30.9 Å². The van der Waals surface area contributed by atoms with Gasteiger partial charge in [-0.2, -0.15) is 0 Å². The number of oxime groups is 1. The summed E-state index contributed by atoms with van der Waals surface area (Å²) in [6.07, 6.45) is 0.636. The van der Waals surface area contributed by atoms with E-state index in [1.807, 2.05) is 30.3 Å². The van der Waals surface area contributed by atoms with Crippen LogP contribution in [0.5, 0.6) is 5.75 Å². The average molecular weight is 418 g/mol. The number of carboxylic acid groups (broad SMARTS) is 1. The van der Waals surface area contributed by atoms with Gasteiger partial charge in [0.15, 0.2) is 0 Å². The first-order valence-corrected chi connectivity index (χ1v) is 10.3. The van der Waals surface area contributed by atoms with E-state index < -0.39 is 5.97 Å². The van der Waals surface area contributed by atoms with Crippen molar-refractivity contribution in [2.75, 3.05) is 13.2 Å². The third kappa shape index (κ3) is 7.00. The van der Waals surface area contributed by atoms with Gasteiger partial charge in [0.05, 0.1) is 13.0 Å². The highest BCUT2D eigenvalue weighted by molar-refractivity contribution is 6.12. The van der Waals surface area contributed by atoms with Crippen molar-refractivity contribution >= 4 is 11.7 Å². The first-order chi connectivity index (χ1) is 15.0. The summed E-state index contributed by atoms with van der Waals surface area (Å²) in [5.41, 5.74) is 5.89. The van der Waals surface area contributed by atoms with Gasteiger partial charge < -0.3 is 14.7 Å². The van der Waals surface area contributed by atoms with Crippen LogP contribution in [0.4, 0.5) is 0 Å². The van der Waals surface area contributed by atoms with Crippen molar-refractivity contribution in [1.29, 1.82) is 0 Å². The molecule has 0 aliphatic carbocycles. The average Bonchev–Trinajstić information content (AvgIpc) is 2.75. The van der Waals surface area contributed by atoms with Crippen LogP contribution in [0.25, 0.3) is 0 Å². The fraction of sp³-hybridized carbons (Fsp3) is 0.231. The Morgan fingerprint density at radius 3 is 2.06 bits per heavy atom. The molecule has 31 heavy (non-hydrogen) atoms. The molecule has 0 fully saturated rings. The summed E-state index contributed by atoms with van der Waals surface area (Å²) in [6.45, 7) is 4.98. The van der Waals surface area contributed by atoms with E-state index in [-0.39, 0.29) is 6.42 Å². The second-order valence-electron chi connectivity index (χ2n) is 7.43. The van der Waals surface area contributed by atoms with E-state index in [9.17, 15) is 4.79 Å². The smallest absolute Gasteiger partial charge is 0.307 e. The van der Waals surface area contributed by atoms with Crippen molar-refractivity contribution in [2.24, 2.45) is 5.16 Å². The van der Waals surface area contributed by atoms with Gasteiger partial charge in [-0.25, -0.2) is 0 Å². The minimum atomic E-state index is -0.860. The Balaban J connectivity index is 1.57. The summed E-state index contributed by atoms with van der Waals surface area (Å²) in [5, 5.41) is 13.3. The Morgan fingerprint density at radius 1 is 0.871 bits per heavy atom. The van der Waals surface area contributed by atoms with Gasteiger partial charge in [0, 0.05) is 17.5 Å². The zero-order chi connectivity index (χ0) is 22.1. The van der Waals surface area contributed by atoms with Gasteiger partial charge in [-0.15, -0.1) is 0 Å². The Kier molecular flexibility index (Phi) is 7.82. The third-order valence-corrected chi connectivity index (χ3v) is 4.71. The molecule has 160 valence electrons. The Bertz CT molecular complexity index is 977. The van der Waals surface area contributed by atoms with Gasteiger partial charge in [-0.05, 0) is 31.5 Å². The summed E-state index contributed by atoms with van der Waals surface area (Å²) in [5.74, 6) is -0.205. The highest BCUT2D eigenvalue weighted by atomic mass is 16.6. The van der Waals surface area contributed by atoms with Crippen LogP contribution in [0.1, 0.15) is 34.2 Å². The summed E-state index contributed by atoms with van der Waals surface area (Å²) in [6, 6.07) is 23.6. The first-order valence-electron chi connectivity index (χ1n) is 10.3. The number of nitrogens with zero attached hydrogens (tertiary/aromatic N) is 1. The molecule has 3 aromatic carbocycles. The quantitative estimate of drug-likeness (QED) is 0.281.